The number of hydrogen-bond acceptors (Lipinski definition) is 6. The Morgan fingerprint density at radius 2 is 1.96 bits per heavy atom. The second-order valence-corrected chi connectivity index (χ2v) is 6.58. The van der Waals surface area contributed by atoms with Gasteiger partial charge in [0.15, 0.2) is 0 Å². The van der Waals surface area contributed by atoms with Gasteiger partial charge in [-0.1, -0.05) is 12.1 Å². The molecular weight excluding hydrogens is 344 g/mol. The maximum Gasteiger partial charge on any atom is 0.240 e. The number of methoxy groups -OCH3 is 1. The van der Waals surface area contributed by atoms with Crippen LogP contribution in [0.4, 0.5) is 11.6 Å². The van der Waals surface area contributed by atoms with E-state index in [1.807, 2.05) is 31.2 Å². The van der Waals surface area contributed by atoms with Crippen LogP contribution in [0.3, 0.4) is 0 Å². The number of nitrogens with one attached hydrogen (secondary N) is 1. The number of nitriles is 1. The molecule has 0 aliphatic carbocycles. The summed E-state index contributed by atoms with van der Waals surface area (Å²) in [6.07, 6.45) is 0. The number of benzene rings is 1. The minimum Gasteiger partial charge on any atom is -0.495 e. The number of piperazine rings is 1. The summed E-state index contributed by atoms with van der Waals surface area (Å²) in [7, 11) is 1.67. The molecular formula is C20H24N4O3. The number of ether oxygens (including phenoxy) is 1. The van der Waals surface area contributed by atoms with Gasteiger partial charge in [0, 0.05) is 31.7 Å². The number of furan rings is 1. The zero-order valence-electron chi connectivity index (χ0n) is 15.9. The Morgan fingerprint density at radius 1 is 1.26 bits per heavy atom. The molecule has 1 aromatic carbocycles. The van der Waals surface area contributed by atoms with Gasteiger partial charge in [0.05, 0.1) is 19.3 Å². The van der Waals surface area contributed by atoms with Crippen LogP contribution < -0.4 is 15.0 Å². The number of hydrogen-bond donors (Lipinski definition) is 1. The average Bonchev–Trinajstić information content (AvgIpc) is 2.95. The normalized spacial score (nSPS) is 14.7. The van der Waals surface area contributed by atoms with Gasteiger partial charge in [-0.2, -0.15) is 5.26 Å². The molecule has 1 saturated heterocycles. The first-order chi connectivity index (χ1) is 13.0. The maximum atomic E-state index is 12.4. The highest BCUT2D eigenvalue weighted by atomic mass is 16.5. The molecule has 1 N–H and O–H groups in total. The third-order valence-corrected chi connectivity index (χ3v) is 4.92. The Hall–Kier alpha value is -2.98. The van der Waals surface area contributed by atoms with Crippen molar-refractivity contribution < 1.29 is 13.9 Å². The molecule has 0 saturated carbocycles. The predicted molar refractivity (Wildman–Crippen MR) is 103 cm³/mol. The third-order valence-electron chi connectivity index (χ3n) is 4.92. The van der Waals surface area contributed by atoms with Crippen molar-refractivity contribution in [2.75, 3.05) is 50.1 Å². The fourth-order valence-corrected chi connectivity index (χ4v) is 3.26. The molecule has 27 heavy (non-hydrogen) atoms. The van der Waals surface area contributed by atoms with E-state index in [1.54, 1.807) is 14.0 Å². The van der Waals surface area contributed by atoms with E-state index < -0.39 is 0 Å². The first kappa shape index (κ1) is 18.8. The van der Waals surface area contributed by atoms with Crippen LogP contribution in [0.1, 0.15) is 16.9 Å². The molecule has 0 unspecified atom stereocenters. The van der Waals surface area contributed by atoms with Crippen LogP contribution in [-0.2, 0) is 4.79 Å². The van der Waals surface area contributed by atoms with Crippen molar-refractivity contribution in [3.63, 3.8) is 0 Å². The van der Waals surface area contributed by atoms with Crippen molar-refractivity contribution in [3.8, 4) is 11.8 Å². The monoisotopic (exact) mass is 368 g/mol. The number of nitrogens with zero attached hydrogens (tertiary/aromatic N) is 3. The average molecular weight is 368 g/mol. The largest absolute Gasteiger partial charge is 0.495 e. The van der Waals surface area contributed by atoms with E-state index in [0.29, 0.717) is 11.3 Å². The molecule has 142 valence electrons. The molecule has 0 spiro atoms. The fourth-order valence-electron chi connectivity index (χ4n) is 3.26. The van der Waals surface area contributed by atoms with Crippen molar-refractivity contribution >= 4 is 17.5 Å². The molecule has 2 aromatic rings. The number of amides is 1. The van der Waals surface area contributed by atoms with Crippen LogP contribution >= 0.6 is 0 Å². The van der Waals surface area contributed by atoms with E-state index in [9.17, 15) is 10.1 Å². The summed E-state index contributed by atoms with van der Waals surface area (Å²) < 4.78 is 10.9. The molecule has 3 rings (SSSR count). The summed E-state index contributed by atoms with van der Waals surface area (Å²) in [4.78, 5) is 16.7. The number of anilines is 2. The van der Waals surface area contributed by atoms with Crippen molar-refractivity contribution in [3.05, 3.63) is 41.2 Å². The summed E-state index contributed by atoms with van der Waals surface area (Å²) in [5, 5.41) is 12.0. The molecule has 1 aromatic heterocycles. The first-order valence-electron chi connectivity index (χ1n) is 8.93. The van der Waals surface area contributed by atoms with E-state index in [0.717, 1.165) is 43.2 Å². The molecule has 0 bridgehead atoms. The highest BCUT2D eigenvalue weighted by molar-refractivity contribution is 5.92. The fraction of sp³-hybridized carbons (Fsp3) is 0.400. The summed E-state index contributed by atoms with van der Waals surface area (Å²) in [5.41, 5.74) is 2.23. The zero-order chi connectivity index (χ0) is 19.4. The Bertz CT molecular complexity index is 861. The van der Waals surface area contributed by atoms with Crippen LogP contribution in [0.15, 0.2) is 28.7 Å². The summed E-state index contributed by atoms with van der Waals surface area (Å²) in [6, 6.07) is 10.0. The Kier molecular flexibility index (Phi) is 5.67. The van der Waals surface area contributed by atoms with Gasteiger partial charge in [-0.3, -0.25) is 15.0 Å². The first-order valence-corrected chi connectivity index (χ1v) is 8.93. The molecule has 0 atom stereocenters. The van der Waals surface area contributed by atoms with E-state index in [4.69, 9.17) is 9.15 Å². The van der Waals surface area contributed by atoms with Crippen LogP contribution in [0.25, 0.3) is 0 Å². The quantitative estimate of drug-likeness (QED) is 0.873. The van der Waals surface area contributed by atoms with E-state index >= 15 is 0 Å². The number of aryl methyl sites for hydroxylation is 1. The number of para-hydroxylation sites is 2. The lowest BCUT2D eigenvalue weighted by molar-refractivity contribution is -0.117. The Balaban J connectivity index is 1.56. The van der Waals surface area contributed by atoms with Gasteiger partial charge in [0.25, 0.3) is 0 Å². The van der Waals surface area contributed by atoms with Gasteiger partial charge in [0.1, 0.15) is 23.1 Å². The predicted octanol–water partition coefficient (Wildman–Crippen LogP) is 2.54. The maximum absolute atomic E-state index is 12.4. The molecule has 1 aliphatic rings. The molecule has 2 heterocycles. The molecule has 7 heteroatoms. The lowest BCUT2D eigenvalue weighted by Crippen LogP contribution is -2.48. The molecule has 7 nitrogen and oxygen atoms in total. The van der Waals surface area contributed by atoms with Crippen molar-refractivity contribution in [2.24, 2.45) is 0 Å². The van der Waals surface area contributed by atoms with Gasteiger partial charge in [-0.15, -0.1) is 0 Å². The van der Waals surface area contributed by atoms with Crippen LogP contribution in [0, 0.1) is 25.2 Å². The molecule has 1 fully saturated rings. The van der Waals surface area contributed by atoms with E-state index in [2.05, 4.69) is 21.2 Å². The van der Waals surface area contributed by atoms with Crippen LogP contribution in [0.2, 0.25) is 0 Å². The summed E-state index contributed by atoms with van der Waals surface area (Å²) in [6.45, 7) is 7.03. The summed E-state index contributed by atoms with van der Waals surface area (Å²) >= 11 is 0. The number of carbonyl (C=O) groups excluding carboxylic acids is 1. The standard InChI is InChI=1S/C20H24N4O3/c1-14-15(2)27-20(16(14)12-21)22-19(25)13-23-8-10-24(11-9-23)17-6-4-5-7-18(17)26-3/h4-7H,8-11,13H2,1-3H3,(H,22,25). The SMILES string of the molecule is COc1ccccc1N1CCN(CC(=O)Nc2oc(C)c(C)c2C#N)CC1. The minimum absolute atomic E-state index is 0.175. The second kappa shape index (κ2) is 8.14. The highest BCUT2D eigenvalue weighted by Gasteiger charge is 2.22. The highest BCUT2D eigenvalue weighted by Crippen LogP contribution is 2.28. The van der Waals surface area contributed by atoms with Crippen molar-refractivity contribution in [2.45, 2.75) is 13.8 Å². The van der Waals surface area contributed by atoms with E-state index in [1.165, 1.54) is 0 Å². The Labute approximate surface area is 159 Å². The van der Waals surface area contributed by atoms with Gasteiger partial charge in [-0.05, 0) is 26.0 Å². The Morgan fingerprint density at radius 3 is 2.63 bits per heavy atom. The van der Waals surface area contributed by atoms with Gasteiger partial charge < -0.3 is 14.1 Å². The number of rotatable bonds is 5. The summed E-state index contributed by atoms with van der Waals surface area (Å²) in [5.74, 6) is 1.57. The lowest BCUT2D eigenvalue weighted by Gasteiger charge is -2.36. The minimum atomic E-state index is -0.175. The molecule has 1 amide bonds. The zero-order valence-corrected chi connectivity index (χ0v) is 15.9. The van der Waals surface area contributed by atoms with Gasteiger partial charge in [-0.25, -0.2) is 0 Å². The third kappa shape index (κ3) is 4.07. The molecule has 0 radical (unpaired) electrons. The number of carbonyl (C=O) groups is 1. The van der Waals surface area contributed by atoms with E-state index in [-0.39, 0.29) is 18.3 Å². The lowest BCUT2D eigenvalue weighted by atomic mass is 10.2. The smallest absolute Gasteiger partial charge is 0.240 e. The van der Waals surface area contributed by atoms with Crippen LogP contribution in [-0.4, -0.2) is 50.6 Å². The van der Waals surface area contributed by atoms with Gasteiger partial charge in [0.2, 0.25) is 11.8 Å². The van der Waals surface area contributed by atoms with Crippen LogP contribution in [0.5, 0.6) is 5.75 Å². The van der Waals surface area contributed by atoms with Gasteiger partial charge >= 0.3 is 0 Å². The second-order valence-electron chi connectivity index (χ2n) is 6.58. The topological polar surface area (TPSA) is 81.7 Å². The van der Waals surface area contributed by atoms with Crippen molar-refractivity contribution in [1.29, 1.82) is 5.26 Å². The van der Waals surface area contributed by atoms with Crippen molar-refractivity contribution in [1.82, 2.24) is 4.90 Å². The molecule has 1 aliphatic heterocycles.